The van der Waals surface area contributed by atoms with Crippen LogP contribution < -0.4 is 15.5 Å². The highest BCUT2D eigenvalue weighted by Gasteiger charge is 2.23. The SMILES string of the molecule is CCCCn1nnc(NC(=S)NC(=O)c2ccc(N3CCCCC3)c([N+](=O)[O-])c2)n1. The van der Waals surface area contributed by atoms with Gasteiger partial charge in [0.25, 0.3) is 17.5 Å². The molecule has 11 nitrogen and oxygen atoms in total. The van der Waals surface area contributed by atoms with Crippen LogP contribution in [0, 0.1) is 10.1 Å². The Kier molecular flexibility index (Phi) is 7.22. The second-order valence-electron chi connectivity index (χ2n) is 6.98. The molecule has 1 aliphatic heterocycles. The van der Waals surface area contributed by atoms with Gasteiger partial charge >= 0.3 is 0 Å². The maximum Gasteiger partial charge on any atom is 0.293 e. The zero-order valence-corrected chi connectivity index (χ0v) is 17.5. The molecule has 1 saturated heterocycles. The molecule has 0 spiro atoms. The fourth-order valence-corrected chi connectivity index (χ4v) is 3.39. The topological polar surface area (TPSA) is 131 Å². The van der Waals surface area contributed by atoms with Gasteiger partial charge in [-0.05, 0) is 55.2 Å². The number of aryl methyl sites for hydroxylation is 1. The summed E-state index contributed by atoms with van der Waals surface area (Å²) in [6.45, 7) is 4.24. The standard InChI is InChI=1S/C18H24N8O3S/c1-2-3-11-25-22-17(21-23-25)20-18(30)19-16(27)13-7-8-14(15(12-13)26(28)29)24-9-5-4-6-10-24/h7-8,12H,2-6,9-11H2,1H3,(H2,19,20,22,27,30). The normalized spacial score (nSPS) is 13.7. The molecule has 1 aliphatic rings. The van der Waals surface area contributed by atoms with Gasteiger partial charge < -0.3 is 4.90 Å². The van der Waals surface area contributed by atoms with Gasteiger partial charge in [0, 0.05) is 24.7 Å². The number of carbonyl (C=O) groups is 1. The molecular formula is C18H24N8O3S. The number of thiocarbonyl (C=S) groups is 1. The number of nitrogens with one attached hydrogen (secondary N) is 2. The van der Waals surface area contributed by atoms with Crippen molar-refractivity contribution in [3.8, 4) is 0 Å². The molecule has 2 aromatic rings. The molecule has 1 fully saturated rings. The first kappa shape index (κ1) is 21.6. The lowest BCUT2D eigenvalue weighted by Crippen LogP contribution is -2.34. The highest BCUT2D eigenvalue weighted by atomic mass is 32.1. The number of nitro groups is 1. The molecule has 160 valence electrons. The summed E-state index contributed by atoms with van der Waals surface area (Å²) < 4.78 is 0. The summed E-state index contributed by atoms with van der Waals surface area (Å²) in [6.07, 6.45) is 5.04. The number of unbranched alkanes of at least 4 members (excludes halogenated alkanes) is 1. The van der Waals surface area contributed by atoms with Crippen LogP contribution in [0.3, 0.4) is 0 Å². The van der Waals surface area contributed by atoms with E-state index in [0.717, 1.165) is 45.2 Å². The number of nitro benzene ring substituents is 1. The van der Waals surface area contributed by atoms with Gasteiger partial charge in [0.15, 0.2) is 5.11 Å². The average molecular weight is 433 g/mol. The van der Waals surface area contributed by atoms with Crippen LogP contribution in [-0.2, 0) is 6.54 Å². The fourth-order valence-electron chi connectivity index (χ4n) is 3.21. The van der Waals surface area contributed by atoms with Gasteiger partial charge in [-0.3, -0.25) is 25.5 Å². The van der Waals surface area contributed by atoms with E-state index in [-0.39, 0.29) is 22.3 Å². The second kappa shape index (κ2) is 10.1. The number of hydrogen-bond donors (Lipinski definition) is 2. The molecule has 0 unspecified atom stereocenters. The zero-order valence-electron chi connectivity index (χ0n) is 16.7. The molecule has 3 rings (SSSR count). The van der Waals surface area contributed by atoms with E-state index < -0.39 is 10.8 Å². The van der Waals surface area contributed by atoms with Crippen LogP contribution in [-0.4, -0.2) is 49.2 Å². The monoisotopic (exact) mass is 432 g/mol. The minimum absolute atomic E-state index is 0.0159. The predicted molar refractivity (Wildman–Crippen MR) is 116 cm³/mol. The largest absolute Gasteiger partial charge is 0.366 e. The molecule has 0 atom stereocenters. The quantitative estimate of drug-likeness (QED) is 0.385. The maximum atomic E-state index is 12.5. The number of hydrogen-bond acceptors (Lipinski definition) is 8. The molecule has 1 aromatic carbocycles. The molecule has 1 aromatic heterocycles. The van der Waals surface area contributed by atoms with Crippen molar-refractivity contribution < 1.29 is 9.72 Å². The molecule has 0 radical (unpaired) electrons. The number of anilines is 2. The van der Waals surface area contributed by atoms with Crippen LogP contribution in [0.5, 0.6) is 0 Å². The summed E-state index contributed by atoms with van der Waals surface area (Å²) in [6, 6.07) is 4.46. The average Bonchev–Trinajstić information content (AvgIpc) is 3.19. The molecule has 30 heavy (non-hydrogen) atoms. The lowest BCUT2D eigenvalue weighted by molar-refractivity contribution is -0.384. The Hall–Kier alpha value is -3.15. The van der Waals surface area contributed by atoms with Crippen LogP contribution in [0.2, 0.25) is 0 Å². The van der Waals surface area contributed by atoms with E-state index in [2.05, 4.69) is 33.0 Å². The van der Waals surface area contributed by atoms with E-state index in [9.17, 15) is 14.9 Å². The number of carbonyl (C=O) groups excluding carboxylic acids is 1. The fraction of sp³-hybridized carbons (Fsp3) is 0.500. The first-order valence-electron chi connectivity index (χ1n) is 9.91. The van der Waals surface area contributed by atoms with Gasteiger partial charge in [-0.15, -0.1) is 5.10 Å². The second-order valence-corrected chi connectivity index (χ2v) is 7.39. The van der Waals surface area contributed by atoms with Crippen molar-refractivity contribution in [3.05, 3.63) is 33.9 Å². The summed E-state index contributed by atoms with van der Waals surface area (Å²) in [5, 5.41) is 28.6. The Morgan fingerprint density at radius 3 is 2.77 bits per heavy atom. The lowest BCUT2D eigenvalue weighted by Gasteiger charge is -2.28. The van der Waals surface area contributed by atoms with Crippen molar-refractivity contribution in [3.63, 3.8) is 0 Å². The minimum Gasteiger partial charge on any atom is -0.366 e. The van der Waals surface area contributed by atoms with Crippen LogP contribution in [0.4, 0.5) is 17.3 Å². The number of rotatable bonds is 7. The van der Waals surface area contributed by atoms with E-state index in [1.165, 1.54) is 10.9 Å². The molecule has 0 saturated carbocycles. The summed E-state index contributed by atoms with van der Waals surface area (Å²) in [5.41, 5.74) is 0.583. The molecule has 12 heteroatoms. The van der Waals surface area contributed by atoms with E-state index in [4.69, 9.17) is 12.2 Å². The van der Waals surface area contributed by atoms with E-state index in [0.29, 0.717) is 12.2 Å². The van der Waals surface area contributed by atoms with Crippen molar-refractivity contribution >= 4 is 40.6 Å². The van der Waals surface area contributed by atoms with Crippen LogP contribution in [0.15, 0.2) is 18.2 Å². The van der Waals surface area contributed by atoms with E-state index in [1.54, 1.807) is 12.1 Å². The van der Waals surface area contributed by atoms with Gasteiger partial charge in [-0.2, -0.15) is 4.80 Å². The van der Waals surface area contributed by atoms with Gasteiger partial charge in [0.05, 0.1) is 11.5 Å². The maximum absolute atomic E-state index is 12.5. The Bertz CT molecular complexity index is 926. The summed E-state index contributed by atoms with van der Waals surface area (Å²) in [7, 11) is 0. The minimum atomic E-state index is -0.556. The van der Waals surface area contributed by atoms with E-state index >= 15 is 0 Å². The Morgan fingerprint density at radius 2 is 2.07 bits per heavy atom. The molecule has 0 bridgehead atoms. The van der Waals surface area contributed by atoms with Gasteiger partial charge in [-0.25, -0.2) is 0 Å². The third kappa shape index (κ3) is 5.47. The van der Waals surface area contributed by atoms with Crippen LogP contribution in [0.25, 0.3) is 0 Å². The molecule has 2 N–H and O–H groups in total. The first-order chi connectivity index (χ1) is 14.5. The highest BCUT2D eigenvalue weighted by Crippen LogP contribution is 2.31. The van der Waals surface area contributed by atoms with Gasteiger partial charge in [0.2, 0.25) is 0 Å². The number of piperidine rings is 1. The number of tetrazole rings is 1. The van der Waals surface area contributed by atoms with Crippen LogP contribution >= 0.6 is 12.2 Å². The van der Waals surface area contributed by atoms with Crippen molar-refractivity contribution in [2.75, 3.05) is 23.3 Å². The van der Waals surface area contributed by atoms with Crippen molar-refractivity contribution in [2.24, 2.45) is 0 Å². The van der Waals surface area contributed by atoms with Crippen LogP contribution in [0.1, 0.15) is 49.4 Å². The Labute approximate surface area is 179 Å². The first-order valence-corrected chi connectivity index (χ1v) is 10.3. The summed E-state index contributed by atoms with van der Waals surface area (Å²) in [4.78, 5) is 27.1. The van der Waals surface area contributed by atoms with Crippen molar-refractivity contribution in [2.45, 2.75) is 45.6 Å². The van der Waals surface area contributed by atoms with Crippen molar-refractivity contribution in [1.29, 1.82) is 0 Å². The predicted octanol–water partition coefficient (Wildman–Crippen LogP) is 2.50. The number of benzene rings is 1. The molecule has 2 heterocycles. The number of nitrogens with zero attached hydrogens (tertiary/aromatic N) is 6. The molecule has 1 amide bonds. The molecular weight excluding hydrogens is 408 g/mol. The Balaban J connectivity index is 1.65. The number of amides is 1. The number of aromatic nitrogens is 4. The van der Waals surface area contributed by atoms with Gasteiger partial charge in [0.1, 0.15) is 5.69 Å². The zero-order chi connectivity index (χ0) is 21.5. The lowest BCUT2D eigenvalue weighted by atomic mass is 10.1. The summed E-state index contributed by atoms with van der Waals surface area (Å²) >= 11 is 5.12. The van der Waals surface area contributed by atoms with E-state index in [1.807, 2.05) is 4.90 Å². The third-order valence-corrected chi connectivity index (χ3v) is 4.95. The van der Waals surface area contributed by atoms with Gasteiger partial charge in [-0.1, -0.05) is 18.4 Å². The summed E-state index contributed by atoms with van der Waals surface area (Å²) in [5.74, 6) is -0.387. The highest BCUT2D eigenvalue weighted by molar-refractivity contribution is 7.80. The molecule has 0 aliphatic carbocycles. The third-order valence-electron chi connectivity index (χ3n) is 4.75. The van der Waals surface area contributed by atoms with Crippen molar-refractivity contribution in [1.82, 2.24) is 25.5 Å². The smallest absolute Gasteiger partial charge is 0.293 e. The Morgan fingerprint density at radius 1 is 1.30 bits per heavy atom.